The van der Waals surface area contributed by atoms with E-state index in [0.29, 0.717) is 18.0 Å². The minimum absolute atomic E-state index is 0.0706. The molecule has 0 radical (unpaired) electrons. The third-order valence-electron chi connectivity index (χ3n) is 7.08. The molecule has 0 bridgehead atoms. The van der Waals surface area contributed by atoms with E-state index < -0.39 is 0 Å². The number of aromatic amines is 1. The molecule has 0 saturated carbocycles. The zero-order valence-electron chi connectivity index (χ0n) is 20.2. The number of benzene rings is 2. The van der Waals surface area contributed by atoms with E-state index in [1.165, 1.54) is 5.56 Å². The first-order valence-electron chi connectivity index (χ1n) is 12.2. The molecule has 1 atom stereocenters. The Labute approximate surface area is 199 Å². The number of hydrogen-bond acceptors (Lipinski definition) is 5. The average molecular weight is 457 g/mol. The fourth-order valence-corrected chi connectivity index (χ4v) is 5.12. The second kappa shape index (κ2) is 9.50. The van der Waals surface area contributed by atoms with Gasteiger partial charge in [-0.3, -0.25) is 9.69 Å². The van der Waals surface area contributed by atoms with Crippen molar-refractivity contribution in [2.45, 2.75) is 52.6 Å². The highest BCUT2D eigenvalue weighted by molar-refractivity contribution is 5.83. The van der Waals surface area contributed by atoms with E-state index in [0.717, 1.165) is 60.2 Å². The van der Waals surface area contributed by atoms with Crippen molar-refractivity contribution >= 4 is 10.9 Å². The molecule has 3 heterocycles. The van der Waals surface area contributed by atoms with Crippen molar-refractivity contribution < 1.29 is 0 Å². The van der Waals surface area contributed by atoms with Gasteiger partial charge in [0.1, 0.15) is 6.04 Å². The van der Waals surface area contributed by atoms with E-state index in [9.17, 15) is 4.79 Å². The first-order valence-corrected chi connectivity index (χ1v) is 12.2. The van der Waals surface area contributed by atoms with Gasteiger partial charge in [0, 0.05) is 23.0 Å². The largest absolute Gasteiger partial charge is 0.322 e. The van der Waals surface area contributed by atoms with Crippen LogP contribution in [0.5, 0.6) is 0 Å². The summed E-state index contributed by atoms with van der Waals surface area (Å²) in [6.45, 7) is 8.95. The third-order valence-corrected chi connectivity index (χ3v) is 7.08. The third kappa shape index (κ3) is 4.53. The molecule has 4 aromatic rings. The zero-order valence-corrected chi connectivity index (χ0v) is 20.2. The number of nitrogens with zero attached hydrogens (tertiary/aromatic N) is 5. The number of tetrazole rings is 1. The number of aromatic nitrogens is 5. The van der Waals surface area contributed by atoms with Crippen LogP contribution in [0.25, 0.3) is 10.9 Å². The average Bonchev–Trinajstić information content (AvgIpc) is 3.28. The van der Waals surface area contributed by atoms with Crippen LogP contribution in [0.15, 0.2) is 53.3 Å². The van der Waals surface area contributed by atoms with E-state index in [2.05, 4.69) is 70.4 Å². The number of piperidine rings is 1. The summed E-state index contributed by atoms with van der Waals surface area (Å²) in [6, 6.07) is 16.3. The predicted molar refractivity (Wildman–Crippen MR) is 134 cm³/mol. The Hall–Kier alpha value is -3.32. The van der Waals surface area contributed by atoms with E-state index in [1.54, 1.807) is 0 Å². The molecule has 1 fully saturated rings. The Bertz CT molecular complexity index is 1330. The maximum absolute atomic E-state index is 13.4. The number of H-pyrrole nitrogens is 1. The van der Waals surface area contributed by atoms with Crippen LogP contribution in [0, 0.1) is 19.8 Å². The van der Waals surface area contributed by atoms with Crippen LogP contribution in [0.2, 0.25) is 0 Å². The van der Waals surface area contributed by atoms with Gasteiger partial charge in [-0.1, -0.05) is 43.3 Å². The van der Waals surface area contributed by atoms with Crippen molar-refractivity contribution in [2.75, 3.05) is 13.1 Å². The minimum atomic E-state index is -0.285. The molecule has 1 aliphatic heterocycles. The van der Waals surface area contributed by atoms with Gasteiger partial charge in [-0.25, -0.2) is 4.68 Å². The molecule has 7 nitrogen and oxygen atoms in total. The standard InChI is InChI=1S/C27H32N6O/c1-18-9-12-32(13-10-18)25(23-17-22-20(3)15-19(2)16-24(22)28-27(23)34)26-29-30-31-33(26)14-11-21-7-5-4-6-8-21/h4-8,15-18,25H,9-14H2,1-3H3,(H,28,34)/t25-/m0/s1. The summed E-state index contributed by atoms with van der Waals surface area (Å²) in [6.07, 6.45) is 3.03. The van der Waals surface area contributed by atoms with Gasteiger partial charge < -0.3 is 4.98 Å². The normalized spacial score (nSPS) is 16.2. The first kappa shape index (κ1) is 22.5. The molecule has 1 saturated heterocycles. The highest BCUT2D eigenvalue weighted by Gasteiger charge is 2.32. The zero-order chi connectivity index (χ0) is 23.7. The van der Waals surface area contributed by atoms with Crippen LogP contribution in [0.3, 0.4) is 0 Å². The van der Waals surface area contributed by atoms with Crippen LogP contribution in [-0.4, -0.2) is 43.2 Å². The number of fused-ring (bicyclic) bond motifs is 1. The van der Waals surface area contributed by atoms with Crippen LogP contribution >= 0.6 is 0 Å². The highest BCUT2D eigenvalue weighted by atomic mass is 16.1. The van der Waals surface area contributed by atoms with Gasteiger partial charge in [0.05, 0.1) is 0 Å². The summed E-state index contributed by atoms with van der Waals surface area (Å²) >= 11 is 0. The number of hydrogen-bond donors (Lipinski definition) is 1. The topological polar surface area (TPSA) is 79.7 Å². The van der Waals surface area contributed by atoms with E-state index in [1.807, 2.05) is 28.9 Å². The molecule has 0 spiro atoms. The van der Waals surface area contributed by atoms with Crippen LogP contribution in [-0.2, 0) is 13.0 Å². The maximum atomic E-state index is 13.4. The van der Waals surface area contributed by atoms with Gasteiger partial charge in [-0.15, -0.1) is 5.10 Å². The monoisotopic (exact) mass is 456 g/mol. The second-order valence-electron chi connectivity index (χ2n) is 9.71. The lowest BCUT2D eigenvalue weighted by Gasteiger charge is -2.36. The van der Waals surface area contributed by atoms with Crippen molar-refractivity contribution in [1.82, 2.24) is 30.1 Å². The molecule has 2 aromatic carbocycles. The van der Waals surface area contributed by atoms with Gasteiger partial charge in [-0.2, -0.15) is 0 Å². The molecule has 1 aliphatic rings. The van der Waals surface area contributed by atoms with E-state index >= 15 is 0 Å². The molecule has 0 unspecified atom stereocenters. The Kier molecular flexibility index (Phi) is 6.28. The number of nitrogens with one attached hydrogen (secondary N) is 1. The van der Waals surface area contributed by atoms with Gasteiger partial charge in [-0.05, 0) is 91.4 Å². The van der Waals surface area contributed by atoms with E-state index in [-0.39, 0.29) is 11.6 Å². The Morgan fingerprint density at radius 2 is 1.85 bits per heavy atom. The number of likely N-dealkylation sites (tertiary alicyclic amines) is 1. The number of aryl methyl sites for hydroxylation is 4. The van der Waals surface area contributed by atoms with Crippen LogP contribution < -0.4 is 5.56 Å². The van der Waals surface area contributed by atoms with Crippen molar-refractivity contribution in [3.63, 3.8) is 0 Å². The Balaban J connectivity index is 1.57. The Morgan fingerprint density at radius 3 is 2.62 bits per heavy atom. The predicted octanol–water partition coefficient (Wildman–Crippen LogP) is 4.20. The minimum Gasteiger partial charge on any atom is -0.322 e. The lowest BCUT2D eigenvalue weighted by molar-refractivity contribution is 0.149. The quantitative estimate of drug-likeness (QED) is 0.470. The summed E-state index contributed by atoms with van der Waals surface area (Å²) in [5, 5.41) is 13.9. The molecule has 1 N–H and O–H groups in total. The smallest absolute Gasteiger partial charge is 0.253 e. The lowest BCUT2D eigenvalue weighted by atomic mass is 9.94. The summed E-state index contributed by atoms with van der Waals surface area (Å²) < 4.78 is 1.88. The van der Waals surface area contributed by atoms with Crippen LogP contribution in [0.4, 0.5) is 0 Å². The summed E-state index contributed by atoms with van der Waals surface area (Å²) in [5.41, 5.74) is 5.05. The molecular weight excluding hydrogens is 424 g/mol. The van der Waals surface area contributed by atoms with Crippen molar-refractivity contribution in [3.05, 3.63) is 87.0 Å². The molecule has 0 amide bonds. The molecule has 2 aromatic heterocycles. The van der Waals surface area contributed by atoms with Crippen molar-refractivity contribution in [2.24, 2.45) is 5.92 Å². The molecular formula is C27H32N6O. The highest BCUT2D eigenvalue weighted by Crippen LogP contribution is 2.31. The lowest BCUT2D eigenvalue weighted by Crippen LogP contribution is -2.40. The van der Waals surface area contributed by atoms with Gasteiger partial charge in [0.15, 0.2) is 5.82 Å². The molecule has 7 heteroatoms. The fourth-order valence-electron chi connectivity index (χ4n) is 5.12. The number of pyridine rings is 1. The SMILES string of the molecule is Cc1cc(C)c2cc([C@@H](c3nnnn3CCc3ccccc3)N3CCC(C)CC3)c(=O)[nH]c2c1. The summed E-state index contributed by atoms with van der Waals surface area (Å²) in [4.78, 5) is 19.0. The van der Waals surface area contributed by atoms with Gasteiger partial charge in [0.2, 0.25) is 0 Å². The fraction of sp³-hybridized carbons (Fsp3) is 0.407. The van der Waals surface area contributed by atoms with Crippen LogP contribution in [0.1, 0.15) is 53.9 Å². The second-order valence-corrected chi connectivity index (χ2v) is 9.71. The van der Waals surface area contributed by atoms with Crippen molar-refractivity contribution in [3.8, 4) is 0 Å². The summed E-state index contributed by atoms with van der Waals surface area (Å²) in [7, 11) is 0. The van der Waals surface area contributed by atoms with Crippen molar-refractivity contribution in [1.29, 1.82) is 0 Å². The first-order chi connectivity index (χ1) is 16.5. The van der Waals surface area contributed by atoms with Gasteiger partial charge in [0.25, 0.3) is 5.56 Å². The molecule has 34 heavy (non-hydrogen) atoms. The molecule has 5 rings (SSSR count). The molecule has 0 aliphatic carbocycles. The number of rotatable bonds is 6. The summed E-state index contributed by atoms with van der Waals surface area (Å²) in [5.74, 6) is 1.42. The van der Waals surface area contributed by atoms with E-state index in [4.69, 9.17) is 0 Å². The maximum Gasteiger partial charge on any atom is 0.253 e. The van der Waals surface area contributed by atoms with Gasteiger partial charge >= 0.3 is 0 Å². The Morgan fingerprint density at radius 1 is 1.09 bits per heavy atom. The molecule has 176 valence electrons.